The number of pyridine rings is 1. The van der Waals surface area contributed by atoms with Crippen LogP contribution < -0.4 is 5.32 Å². The van der Waals surface area contributed by atoms with Gasteiger partial charge in [0.05, 0.1) is 23.4 Å². The second-order valence-electron chi connectivity index (χ2n) is 8.91. The minimum atomic E-state index is -0.405. The summed E-state index contributed by atoms with van der Waals surface area (Å²) >= 11 is 0. The molecule has 0 spiro atoms. The molecular formula is C23H26N6O3. The molecule has 166 valence electrons. The van der Waals surface area contributed by atoms with E-state index >= 15 is 0 Å². The largest absolute Gasteiger partial charge is 0.463 e. The molecule has 1 amide bonds. The molecule has 1 saturated carbocycles. The maximum Gasteiger partial charge on any atom is 0.252 e. The Morgan fingerprint density at radius 3 is 2.69 bits per heavy atom. The summed E-state index contributed by atoms with van der Waals surface area (Å²) in [6, 6.07) is 5.04. The number of amides is 1. The van der Waals surface area contributed by atoms with Gasteiger partial charge in [-0.15, -0.1) is 0 Å². The zero-order valence-corrected chi connectivity index (χ0v) is 18.6. The number of aromatic nitrogens is 5. The van der Waals surface area contributed by atoms with E-state index in [1.807, 2.05) is 33.8 Å². The number of nitrogens with zero attached hydrogens (tertiary/aromatic N) is 5. The van der Waals surface area contributed by atoms with Gasteiger partial charge in [-0.25, -0.2) is 9.67 Å². The zero-order chi connectivity index (χ0) is 22.4. The van der Waals surface area contributed by atoms with Gasteiger partial charge in [-0.2, -0.15) is 10.1 Å². The van der Waals surface area contributed by atoms with Crippen LogP contribution in [-0.4, -0.2) is 30.8 Å². The first-order valence-electron chi connectivity index (χ1n) is 11.0. The van der Waals surface area contributed by atoms with Crippen LogP contribution in [0.5, 0.6) is 0 Å². The first-order chi connectivity index (χ1) is 15.4. The smallest absolute Gasteiger partial charge is 0.252 e. The number of nitrogens with one attached hydrogen (secondary N) is 1. The summed E-state index contributed by atoms with van der Waals surface area (Å²) in [6.07, 6.45) is 5.44. The highest BCUT2D eigenvalue weighted by Gasteiger charge is 2.32. The summed E-state index contributed by atoms with van der Waals surface area (Å²) in [5.41, 5.74) is 1.68. The molecular weight excluding hydrogens is 408 g/mol. The number of rotatable bonds is 7. The van der Waals surface area contributed by atoms with Gasteiger partial charge in [-0.05, 0) is 50.8 Å². The molecule has 1 N–H and O–H groups in total. The van der Waals surface area contributed by atoms with Crippen LogP contribution in [-0.2, 0) is 0 Å². The lowest BCUT2D eigenvalue weighted by atomic mass is 10.0. The first-order valence-corrected chi connectivity index (χ1v) is 11.0. The van der Waals surface area contributed by atoms with Crippen LogP contribution in [0.3, 0.4) is 0 Å². The zero-order valence-electron chi connectivity index (χ0n) is 18.6. The topological polar surface area (TPSA) is 112 Å². The molecule has 1 atom stereocenters. The second kappa shape index (κ2) is 7.89. The first kappa shape index (κ1) is 20.4. The lowest BCUT2D eigenvalue weighted by Crippen LogP contribution is -2.32. The summed E-state index contributed by atoms with van der Waals surface area (Å²) < 4.78 is 12.9. The van der Waals surface area contributed by atoms with Crippen molar-refractivity contribution in [2.45, 2.75) is 58.5 Å². The lowest BCUT2D eigenvalue weighted by Gasteiger charge is -2.19. The van der Waals surface area contributed by atoms with E-state index in [9.17, 15) is 4.79 Å². The SMILES string of the molecule is CC(C)C(NC(=O)c1cc(-c2ccco2)nc2c1cnn2C(C)C)c1nc(C2CC2)no1. The number of fused-ring (bicyclic) bond motifs is 1. The van der Waals surface area contributed by atoms with Crippen molar-refractivity contribution in [3.63, 3.8) is 0 Å². The standard InChI is InChI=1S/C23H26N6O3/c1-12(2)19(23-27-20(28-32-23)14-7-8-14)26-22(30)15-10-17(18-6-5-9-31-18)25-21-16(15)11-24-29(21)13(3)4/h5-6,9-14,19H,7-8H2,1-4H3,(H,26,30). The maximum absolute atomic E-state index is 13.5. The second-order valence-corrected chi connectivity index (χ2v) is 8.91. The van der Waals surface area contributed by atoms with Crippen LogP contribution in [0.1, 0.15) is 80.6 Å². The third-order valence-electron chi connectivity index (χ3n) is 5.69. The molecule has 9 nitrogen and oxygen atoms in total. The Balaban J connectivity index is 1.53. The van der Waals surface area contributed by atoms with Crippen molar-refractivity contribution in [3.8, 4) is 11.5 Å². The fourth-order valence-electron chi connectivity index (χ4n) is 3.75. The minimum absolute atomic E-state index is 0.0618. The van der Waals surface area contributed by atoms with Crippen molar-refractivity contribution in [2.24, 2.45) is 5.92 Å². The molecule has 4 heterocycles. The molecule has 4 aromatic heterocycles. The van der Waals surface area contributed by atoms with Crippen LogP contribution in [0.15, 0.2) is 39.6 Å². The highest BCUT2D eigenvalue weighted by molar-refractivity contribution is 6.06. The van der Waals surface area contributed by atoms with E-state index in [1.54, 1.807) is 29.3 Å². The lowest BCUT2D eigenvalue weighted by molar-refractivity contribution is 0.0915. The van der Waals surface area contributed by atoms with Gasteiger partial charge in [0.15, 0.2) is 17.2 Å². The summed E-state index contributed by atoms with van der Waals surface area (Å²) in [7, 11) is 0. The Morgan fingerprint density at radius 2 is 2.03 bits per heavy atom. The van der Waals surface area contributed by atoms with E-state index in [2.05, 4.69) is 20.6 Å². The molecule has 0 aromatic carbocycles. The van der Waals surface area contributed by atoms with Crippen molar-refractivity contribution in [2.75, 3.05) is 0 Å². The molecule has 0 saturated heterocycles. The quantitative estimate of drug-likeness (QED) is 0.450. The van der Waals surface area contributed by atoms with Crippen LogP contribution in [0.2, 0.25) is 0 Å². The Kier molecular flexibility index (Phi) is 5.03. The number of furan rings is 1. The monoisotopic (exact) mass is 434 g/mol. The molecule has 0 bridgehead atoms. The van der Waals surface area contributed by atoms with Crippen molar-refractivity contribution in [1.82, 2.24) is 30.2 Å². The average Bonchev–Trinajstić information content (AvgIpc) is 3.17. The summed E-state index contributed by atoms with van der Waals surface area (Å²) in [6.45, 7) is 8.07. The Bertz CT molecular complexity index is 1250. The fraction of sp³-hybridized carbons (Fsp3) is 0.435. The summed E-state index contributed by atoms with van der Waals surface area (Å²) in [5.74, 6) is 1.94. The molecule has 4 aromatic rings. The van der Waals surface area contributed by atoms with Gasteiger partial charge >= 0.3 is 0 Å². The van der Waals surface area contributed by atoms with Gasteiger partial charge in [0.1, 0.15) is 11.7 Å². The van der Waals surface area contributed by atoms with E-state index in [4.69, 9.17) is 13.9 Å². The van der Waals surface area contributed by atoms with E-state index in [-0.39, 0.29) is 17.9 Å². The van der Waals surface area contributed by atoms with Crippen molar-refractivity contribution in [1.29, 1.82) is 0 Å². The van der Waals surface area contributed by atoms with Gasteiger partial charge in [-0.3, -0.25) is 4.79 Å². The van der Waals surface area contributed by atoms with Gasteiger partial charge in [0.2, 0.25) is 5.89 Å². The number of hydrogen-bond donors (Lipinski definition) is 1. The highest BCUT2D eigenvalue weighted by Crippen LogP contribution is 2.39. The number of hydrogen-bond acceptors (Lipinski definition) is 7. The molecule has 5 rings (SSSR count). The molecule has 0 radical (unpaired) electrons. The Labute approximate surface area is 185 Å². The van der Waals surface area contributed by atoms with E-state index < -0.39 is 6.04 Å². The third kappa shape index (κ3) is 3.68. The predicted molar refractivity (Wildman–Crippen MR) is 117 cm³/mol. The van der Waals surface area contributed by atoms with Gasteiger partial charge in [0, 0.05) is 12.0 Å². The maximum atomic E-state index is 13.5. The Hall–Kier alpha value is -3.49. The van der Waals surface area contributed by atoms with Crippen molar-refractivity contribution < 1.29 is 13.7 Å². The van der Waals surface area contributed by atoms with E-state index in [1.165, 1.54) is 0 Å². The molecule has 1 fully saturated rings. The molecule has 1 unspecified atom stereocenters. The number of carbonyl (C=O) groups excluding carboxylic acids is 1. The van der Waals surface area contributed by atoms with Crippen LogP contribution in [0.4, 0.5) is 0 Å². The Morgan fingerprint density at radius 1 is 1.22 bits per heavy atom. The van der Waals surface area contributed by atoms with E-state index in [0.717, 1.165) is 18.7 Å². The third-order valence-corrected chi connectivity index (χ3v) is 5.69. The van der Waals surface area contributed by atoms with Gasteiger partial charge in [0.25, 0.3) is 5.91 Å². The molecule has 1 aliphatic rings. The average molecular weight is 435 g/mol. The van der Waals surface area contributed by atoms with Crippen molar-refractivity contribution in [3.05, 3.63) is 47.9 Å². The van der Waals surface area contributed by atoms with E-state index in [0.29, 0.717) is 39.9 Å². The molecule has 0 aliphatic heterocycles. The molecule has 9 heteroatoms. The summed E-state index contributed by atoms with van der Waals surface area (Å²) in [4.78, 5) is 22.8. The molecule has 32 heavy (non-hydrogen) atoms. The molecule has 1 aliphatic carbocycles. The van der Waals surface area contributed by atoms with Crippen LogP contribution >= 0.6 is 0 Å². The van der Waals surface area contributed by atoms with Crippen LogP contribution in [0.25, 0.3) is 22.5 Å². The highest BCUT2D eigenvalue weighted by atomic mass is 16.5. The van der Waals surface area contributed by atoms with Gasteiger partial charge < -0.3 is 14.3 Å². The van der Waals surface area contributed by atoms with Gasteiger partial charge in [-0.1, -0.05) is 19.0 Å². The predicted octanol–water partition coefficient (Wildman–Crippen LogP) is 4.66. The summed E-state index contributed by atoms with van der Waals surface area (Å²) in [5, 5.41) is 12.3. The minimum Gasteiger partial charge on any atom is -0.463 e. The number of carbonyl (C=O) groups is 1. The van der Waals surface area contributed by atoms with Crippen molar-refractivity contribution >= 4 is 16.9 Å². The normalized spacial score (nSPS) is 15.1. The fourth-order valence-corrected chi connectivity index (χ4v) is 3.75. The van der Waals surface area contributed by atoms with Crippen LogP contribution in [0, 0.1) is 5.92 Å².